The Morgan fingerprint density at radius 3 is 2.85 bits per heavy atom. The lowest BCUT2D eigenvalue weighted by atomic mass is 10.1. The Morgan fingerprint density at radius 1 is 1.40 bits per heavy atom. The molecule has 0 unspecified atom stereocenters. The molecule has 7 heteroatoms. The molecule has 0 fully saturated rings. The van der Waals surface area contributed by atoms with Crippen molar-refractivity contribution < 1.29 is 18.8 Å². The summed E-state index contributed by atoms with van der Waals surface area (Å²) in [7, 11) is 0. The predicted molar refractivity (Wildman–Crippen MR) is 68.6 cm³/mol. The van der Waals surface area contributed by atoms with Gasteiger partial charge in [0.15, 0.2) is 17.0 Å². The Labute approximate surface area is 112 Å². The molecule has 2 heterocycles. The predicted octanol–water partition coefficient (Wildman–Crippen LogP) is 1.97. The van der Waals surface area contributed by atoms with E-state index in [-0.39, 0.29) is 5.69 Å². The van der Waals surface area contributed by atoms with E-state index in [4.69, 9.17) is 14.0 Å². The highest BCUT2D eigenvalue weighted by Crippen LogP contribution is 2.24. The van der Waals surface area contributed by atoms with E-state index < -0.39 is 11.7 Å². The van der Waals surface area contributed by atoms with Crippen molar-refractivity contribution in [1.82, 2.24) is 9.72 Å². The molecule has 0 amide bonds. The number of nitrogens with zero attached hydrogens (tertiary/aromatic N) is 2. The molecule has 20 heavy (non-hydrogen) atoms. The van der Waals surface area contributed by atoms with Crippen molar-refractivity contribution in [3.05, 3.63) is 40.5 Å². The van der Waals surface area contributed by atoms with Crippen LogP contribution in [0.2, 0.25) is 0 Å². The second-order valence-corrected chi connectivity index (χ2v) is 4.18. The van der Waals surface area contributed by atoms with E-state index in [0.717, 1.165) is 0 Å². The fraction of sp³-hybridized carbons (Fsp3) is 0.154. The van der Waals surface area contributed by atoms with Gasteiger partial charge in [-0.05, 0) is 25.1 Å². The van der Waals surface area contributed by atoms with Crippen LogP contribution >= 0.6 is 0 Å². The molecule has 0 aliphatic heterocycles. The van der Waals surface area contributed by atoms with E-state index in [1.807, 2.05) is 6.92 Å². The van der Waals surface area contributed by atoms with Crippen molar-refractivity contribution in [1.29, 1.82) is 0 Å². The lowest BCUT2D eigenvalue weighted by molar-refractivity contribution is 0.0686. The van der Waals surface area contributed by atoms with Crippen LogP contribution in [0.25, 0.3) is 22.4 Å². The van der Waals surface area contributed by atoms with Gasteiger partial charge in [-0.15, -0.1) is 0 Å². The van der Waals surface area contributed by atoms with Gasteiger partial charge < -0.3 is 14.0 Å². The maximum atomic E-state index is 11.6. The largest absolute Gasteiger partial charge is 0.476 e. The Bertz CT molecular complexity index is 855. The van der Waals surface area contributed by atoms with Crippen LogP contribution in [0.3, 0.4) is 0 Å². The molecule has 102 valence electrons. The van der Waals surface area contributed by atoms with E-state index in [2.05, 4.69) is 5.16 Å². The van der Waals surface area contributed by atoms with Crippen molar-refractivity contribution >= 4 is 17.1 Å². The molecule has 1 N–H and O–H groups in total. The minimum atomic E-state index is -1.16. The summed E-state index contributed by atoms with van der Waals surface area (Å²) in [5.74, 6) is -1.26. The molecule has 0 aliphatic rings. The molecule has 3 aromatic rings. The van der Waals surface area contributed by atoms with Crippen molar-refractivity contribution in [3.8, 4) is 11.3 Å². The SMILES string of the molecule is CCn1c(=O)oc2ccc(-c3cc(C(=O)O)no3)cc21. The maximum absolute atomic E-state index is 11.6. The van der Waals surface area contributed by atoms with Crippen LogP contribution in [-0.2, 0) is 6.54 Å². The van der Waals surface area contributed by atoms with E-state index >= 15 is 0 Å². The van der Waals surface area contributed by atoms with Crippen LogP contribution in [0.15, 0.2) is 38.0 Å². The third-order valence-corrected chi connectivity index (χ3v) is 3.00. The lowest BCUT2D eigenvalue weighted by Gasteiger charge is -1.98. The molecule has 0 atom stereocenters. The Morgan fingerprint density at radius 2 is 2.20 bits per heavy atom. The summed E-state index contributed by atoms with van der Waals surface area (Å²) in [5, 5.41) is 12.3. The van der Waals surface area contributed by atoms with Gasteiger partial charge in [0.2, 0.25) is 0 Å². The number of carbonyl (C=O) groups is 1. The third kappa shape index (κ3) is 1.80. The van der Waals surface area contributed by atoms with E-state index in [9.17, 15) is 9.59 Å². The number of carboxylic acid groups (broad SMARTS) is 1. The molecule has 0 saturated heterocycles. The zero-order chi connectivity index (χ0) is 14.3. The smallest absolute Gasteiger partial charge is 0.419 e. The maximum Gasteiger partial charge on any atom is 0.419 e. The minimum Gasteiger partial charge on any atom is -0.476 e. The number of hydrogen-bond donors (Lipinski definition) is 1. The molecule has 1 aromatic carbocycles. The topological polar surface area (TPSA) is 98.5 Å². The van der Waals surface area contributed by atoms with Crippen LogP contribution in [-0.4, -0.2) is 20.8 Å². The molecular formula is C13H10N2O5. The highest BCUT2D eigenvalue weighted by atomic mass is 16.5. The molecular weight excluding hydrogens is 264 g/mol. The summed E-state index contributed by atoms with van der Waals surface area (Å²) in [5.41, 5.74) is 1.56. The van der Waals surface area contributed by atoms with Gasteiger partial charge in [-0.25, -0.2) is 9.59 Å². The van der Waals surface area contributed by atoms with Gasteiger partial charge in [0.25, 0.3) is 0 Å². The highest BCUT2D eigenvalue weighted by molar-refractivity contribution is 5.87. The Balaban J connectivity index is 2.16. The number of oxazole rings is 1. The molecule has 7 nitrogen and oxygen atoms in total. The summed E-state index contributed by atoms with van der Waals surface area (Å²) < 4.78 is 11.6. The Kier molecular flexibility index (Phi) is 2.67. The number of carboxylic acids is 1. The summed E-state index contributed by atoms with van der Waals surface area (Å²) in [6.45, 7) is 2.31. The van der Waals surface area contributed by atoms with Crippen LogP contribution in [0.4, 0.5) is 0 Å². The highest BCUT2D eigenvalue weighted by Gasteiger charge is 2.14. The molecule has 0 aliphatic carbocycles. The van der Waals surface area contributed by atoms with Gasteiger partial charge in [-0.1, -0.05) is 5.16 Å². The summed E-state index contributed by atoms with van der Waals surface area (Å²) in [6.07, 6.45) is 0. The number of hydrogen-bond acceptors (Lipinski definition) is 5. The molecule has 2 aromatic heterocycles. The van der Waals surface area contributed by atoms with E-state index in [1.165, 1.54) is 10.6 Å². The average molecular weight is 274 g/mol. The number of aromatic carboxylic acids is 1. The molecule has 0 bridgehead atoms. The number of aryl methyl sites for hydroxylation is 1. The van der Waals surface area contributed by atoms with Gasteiger partial charge in [0.1, 0.15) is 0 Å². The molecule has 3 rings (SSSR count). The normalized spacial score (nSPS) is 11.1. The van der Waals surface area contributed by atoms with Crippen LogP contribution < -0.4 is 5.76 Å². The fourth-order valence-electron chi connectivity index (χ4n) is 2.03. The van der Waals surface area contributed by atoms with E-state index in [1.54, 1.807) is 18.2 Å². The van der Waals surface area contributed by atoms with E-state index in [0.29, 0.717) is 29.0 Å². The number of aromatic nitrogens is 2. The number of benzene rings is 1. The van der Waals surface area contributed by atoms with Crippen molar-refractivity contribution in [2.75, 3.05) is 0 Å². The molecule has 0 saturated carbocycles. The van der Waals surface area contributed by atoms with Crippen molar-refractivity contribution in [2.24, 2.45) is 0 Å². The first kappa shape index (κ1) is 12.2. The second kappa shape index (κ2) is 4.37. The number of rotatable bonds is 3. The number of fused-ring (bicyclic) bond motifs is 1. The monoisotopic (exact) mass is 274 g/mol. The van der Waals surface area contributed by atoms with Crippen LogP contribution in [0, 0.1) is 0 Å². The van der Waals surface area contributed by atoms with Gasteiger partial charge in [-0.2, -0.15) is 0 Å². The van der Waals surface area contributed by atoms with Gasteiger partial charge in [-0.3, -0.25) is 4.57 Å². The summed E-state index contributed by atoms with van der Waals surface area (Å²) in [4.78, 5) is 22.4. The molecule has 0 spiro atoms. The van der Waals surface area contributed by atoms with Crippen LogP contribution in [0.5, 0.6) is 0 Å². The third-order valence-electron chi connectivity index (χ3n) is 3.00. The molecule has 0 radical (unpaired) electrons. The zero-order valence-electron chi connectivity index (χ0n) is 10.5. The summed E-state index contributed by atoms with van der Waals surface area (Å²) >= 11 is 0. The quantitative estimate of drug-likeness (QED) is 0.783. The van der Waals surface area contributed by atoms with Gasteiger partial charge in [0, 0.05) is 18.2 Å². The first-order valence-corrected chi connectivity index (χ1v) is 5.94. The first-order chi connectivity index (χ1) is 9.60. The van der Waals surface area contributed by atoms with Crippen LogP contribution in [0.1, 0.15) is 17.4 Å². The first-order valence-electron chi connectivity index (χ1n) is 5.94. The standard InChI is InChI=1S/C13H10N2O5/c1-2-15-9-5-7(3-4-10(9)19-13(15)18)11-6-8(12(16)17)14-20-11/h3-6H,2H2,1H3,(H,16,17). The van der Waals surface area contributed by atoms with Gasteiger partial charge in [0.05, 0.1) is 5.52 Å². The average Bonchev–Trinajstić information content (AvgIpc) is 3.01. The zero-order valence-corrected chi connectivity index (χ0v) is 10.5. The van der Waals surface area contributed by atoms with Gasteiger partial charge >= 0.3 is 11.7 Å². The Hall–Kier alpha value is -2.83. The second-order valence-electron chi connectivity index (χ2n) is 4.18. The fourth-order valence-corrected chi connectivity index (χ4v) is 2.03. The summed E-state index contributed by atoms with van der Waals surface area (Å²) in [6, 6.07) is 6.35. The van der Waals surface area contributed by atoms with Crippen molar-refractivity contribution in [3.63, 3.8) is 0 Å². The lowest BCUT2D eigenvalue weighted by Crippen LogP contribution is -2.11. The minimum absolute atomic E-state index is 0.167. The van der Waals surface area contributed by atoms with Crippen molar-refractivity contribution in [2.45, 2.75) is 13.5 Å².